The predicted octanol–water partition coefficient (Wildman–Crippen LogP) is 3.30. The van der Waals surface area contributed by atoms with Gasteiger partial charge in [-0.2, -0.15) is 0 Å². The van der Waals surface area contributed by atoms with Crippen molar-refractivity contribution < 1.29 is 4.74 Å². The van der Waals surface area contributed by atoms with E-state index in [1.807, 2.05) is 19.1 Å². The third kappa shape index (κ3) is 2.50. The molecule has 0 saturated heterocycles. The van der Waals surface area contributed by atoms with Gasteiger partial charge < -0.3 is 10.1 Å². The Morgan fingerprint density at radius 1 is 1.44 bits per heavy atom. The van der Waals surface area contributed by atoms with Gasteiger partial charge in [-0.25, -0.2) is 0 Å². The Labute approximate surface area is 102 Å². The van der Waals surface area contributed by atoms with Gasteiger partial charge in [0.1, 0.15) is 5.75 Å². The van der Waals surface area contributed by atoms with Gasteiger partial charge in [-0.15, -0.1) is 0 Å². The average Bonchev–Trinajstić information content (AvgIpc) is 2.14. The largest absolute Gasteiger partial charge is 0.496 e. The lowest BCUT2D eigenvalue weighted by molar-refractivity contribution is 0.334. The summed E-state index contributed by atoms with van der Waals surface area (Å²) in [5.74, 6) is 0.955. The number of nitrogens with one attached hydrogen (secondary N) is 1. The fourth-order valence-corrected chi connectivity index (χ4v) is 2.38. The second-order valence-corrected chi connectivity index (χ2v) is 4.86. The monoisotopic (exact) mass is 239 g/mol. The Balaban J connectivity index is 2.10. The van der Waals surface area contributed by atoms with Crippen molar-refractivity contribution in [2.45, 2.75) is 38.8 Å². The first-order valence-corrected chi connectivity index (χ1v) is 6.15. The zero-order valence-corrected chi connectivity index (χ0v) is 10.6. The number of hydrogen-bond acceptors (Lipinski definition) is 2. The number of hydrogen-bond donors (Lipinski definition) is 1. The van der Waals surface area contributed by atoms with Crippen molar-refractivity contribution in [3.8, 4) is 5.75 Å². The quantitative estimate of drug-likeness (QED) is 0.871. The van der Waals surface area contributed by atoms with Gasteiger partial charge in [0.15, 0.2) is 0 Å². The molecule has 0 heterocycles. The minimum Gasteiger partial charge on any atom is -0.496 e. The lowest BCUT2D eigenvalue weighted by atomic mass is 9.93. The van der Waals surface area contributed by atoms with Crippen molar-refractivity contribution in [3.63, 3.8) is 0 Å². The Kier molecular flexibility index (Phi) is 3.72. The molecule has 0 aliphatic heterocycles. The molecule has 0 aromatic heterocycles. The first-order valence-electron chi connectivity index (χ1n) is 5.77. The molecule has 0 atom stereocenters. The molecule has 1 aliphatic rings. The Bertz CT molecular complexity index is 374. The molecule has 1 saturated carbocycles. The highest BCUT2D eigenvalue weighted by atomic mass is 35.5. The van der Waals surface area contributed by atoms with E-state index in [4.69, 9.17) is 16.3 Å². The molecule has 1 fully saturated rings. The van der Waals surface area contributed by atoms with E-state index in [0.29, 0.717) is 6.04 Å². The first kappa shape index (κ1) is 11.7. The van der Waals surface area contributed by atoms with Crippen LogP contribution in [0.15, 0.2) is 12.1 Å². The van der Waals surface area contributed by atoms with Gasteiger partial charge in [0.2, 0.25) is 0 Å². The molecule has 0 radical (unpaired) electrons. The van der Waals surface area contributed by atoms with Crippen molar-refractivity contribution in [3.05, 3.63) is 28.3 Å². The fraction of sp³-hybridized carbons (Fsp3) is 0.538. The number of aryl methyl sites for hydroxylation is 1. The highest BCUT2D eigenvalue weighted by molar-refractivity contribution is 6.30. The molecule has 88 valence electrons. The Hall–Kier alpha value is -0.730. The van der Waals surface area contributed by atoms with Crippen LogP contribution in [-0.2, 0) is 6.54 Å². The van der Waals surface area contributed by atoms with Crippen LogP contribution >= 0.6 is 11.6 Å². The zero-order chi connectivity index (χ0) is 11.5. The summed E-state index contributed by atoms with van der Waals surface area (Å²) in [4.78, 5) is 0. The second-order valence-electron chi connectivity index (χ2n) is 4.42. The molecule has 0 bridgehead atoms. The van der Waals surface area contributed by atoms with E-state index in [0.717, 1.165) is 28.4 Å². The Morgan fingerprint density at radius 3 is 2.75 bits per heavy atom. The topological polar surface area (TPSA) is 21.3 Å². The summed E-state index contributed by atoms with van der Waals surface area (Å²) in [6, 6.07) is 4.61. The molecule has 16 heavy (non-hydrogen) atoms. The van der Waals surface area contributed by atoms with Crippen LogP contribution < -0.4 is 10.1 Å². The van der Waals surface area contributed by atoms with E-state index in [-0.39, 0.29) is 0 Å². The molecule has 1 N–H and O–H groups in total. The first-order chi connectivity index (χ1) is 7.70. The lowest BCUT2D eigenvalue weighted by Gasteiger charge is -2.27. The van der Waals surface area contributed by atoms with Crippen LogP contribution in [0.25, 0.3) is 0 Å². The molecular formula is C13H18ClNO. The number of rotatable bonds is 4. The van der Waals surface area contributed by atoms with Gasteiger partial charge >= 0.3 is 0 Å². The third-order valence-corrected chi connectivity index (χ3v) is 3.43. The van der Waals surface area contributed by atoms with Crippen LogP contribution in [0.4, 0.5) is 0 Å². The normalized spacial score (nSPS) is 15.9. The molecule has 1 aliphatic carbocycles. The van der Waals surface area contributed by atoms with Crippen molar-refractivity contribution in [1.29, 1.82) is 0 Å². The van der Waals surface area contributed by atoms with E-state index in [1.54, 1.807) is 7.11 Å². The van der Waals surface area contributed by atoms with Gasteiger partial charge in [-0.05, 0) is 37.5 Å². The molecule has 2 rings (SSSR count). The van der Waals surface area contributed by atoms with Gasteiger partial charge in [-0.1, -0.05) is 18.0 Å². The van der Waals surface area contributed by atoms with E-state index in [2.05, 4.69) is 5.32 Å². The van der Waals surface area contributed by atoms with Crippen LogP contribution in [0, 0.1) is 6.92 Å². The molecule has 0 unspecified atom stereocenters. The van der Waals surface area contributed by atoms with Crippen molar-refractivity contribution in [1.82, 2.24) is 5.32 Å². The predicted molar refractivity (Wildman–Crippen MR) is 67.2 cm³/mol. The van der Waals surface area contributed by atoms with E-state index in [9.17, 15) is 0 Å². The summed E-state index contributed by atoms with van der Waals surface area (Å²) in [6.07, 6.45) is 3.94. The van der Waals surface area contributed by atoms with E-state index in [1.165, 1.54) is 19.3 Å². The molecule has 0 amide bonds. The maximum absolute atomic E-state index is 6.06. The molecule has 0 spiro atoms. The second kappa shape index (κ2) is 5.07. The molecule has 1 aromatic carbocycles. The zero-order valence-electron chi connectivity index (χ0n) is 9.85. The maximum Gasteiger partial charge on any atom is 0.126 e. The van der Waals surface area contributed by atoms with E-state index >= 15 is 0 Å². The summed E-state index contributed by atoms with van der Waals surface area (Å²) in [5, 5.41) is 4.31. The summed E-state index contributed by atoms with van der Waals surface area (Å²) >= 11 is 6.06. The highest BCUT2D eigenvalue weighted by Gasteiger charge is 2.17. The summed E-state index contributed by atoms with van der Waals surface area (Å²) in [7, 11) is 1.71. The van der Waals surface area contributed by atoms with Crippen molar-refractivity contribution in [2.75, 3.05) is 7.11 Å². The summed E-state index contributed by atoms with van der Waals surface area (Å²) < 4.78 is 5.42. The SMILES string of the molecule is COc1c(C)cc(Cl)cc1CNC1CCC1. The Morgan fingerprint density at radius 2 is 2.19 bits per heavy atom. The average molecular weight is 240 g/mol. The van der Waals surface area contributed by atoms with E-state index < -0.39 is 0 Å². The van der Waals surface area contributed by atoms with Crippen LogP contribution in [0.1, 0.15) is 30.4 Å². The minimum atomic E-state index is 0.684. The van der Waals surface area contributed by atoms with Crippen LogP contribution in [0.3, 0.4) is 0 Å². The standard InChI is InChI=1S/C13H18ClNO/c1-9-6-11(14)7-10(13(9)16-2)8-15-12-4-3-5-12/h6-7,12,15H,3-5,8H2,1-2H3. The van der Waals surface area contributed by atoms with Crippen LogP contribution in [0.5, 0.6) is 5.75 Å². The molecular weight excluding hydrogens is 222 g/mol. The number of benzene rings is 1. The number of methoxy groups -OCH3 is 1. The van der Waals surface area contributed by atoms with Crippen molar-refractivity contribution >= 4 is 11.6 Å². The lowest BCUT2D eigenvalue weighted by Crippen LogP contribution is -2.34. The highest BCUT2D eigenvalue weighted by Crippen LogP contribution is 2.28. The van der Waals surface area contributed by atoms with Crippen LogP contribution in [-0.4, -0.2) is 13.2 Å². The van der Waals surface area contributed by atoms with Crippen molar-refractivity contribution in [2.24, 2.45) is 0 Å². The third-order valence-electron chi connectivity index (χ3n) is 3.21. The summed E-state index contributed by atoms with van der Waals surface area (Å²) in [5.41, 5.74) is 2.25. The van der Waals surface area contributed by atoms with Gasteiger partial charge in [-0.3, -0.25) is 0 Å². The minimum absolute atomic E-state index is 0.684. The molecule has 3 heteroatoms. The maximum atomic E-state index is 6.06. The van der Waals surface area contributed by atoms with Crippen LogP contribution in [0.2, 0.25) is 5.02 Å². The summed E-state index contributed by atoms with van der Waals surface area (Å²) in [6.45, 7) is 2.87. The molecule has 1 aromatic rings. The molecule has 2 nitrogen and oxygen atoms in total. The number of halogens is 1. The van der Waals surface area contributed by atoms with Gasteiger partial charge in [0, 0.05) is 23.2 Å². The fourth-order valence-electron chi connectivity index (χ4n) is 2.09. The number of ether oxygens (including phenoxy) is 1. The van der Waals surface area contributed by atoms with Gasteiger partial charge in [0.05, 0.1) is 7.11 Å². The smallest absolute Gasteiger partial charge is 0.126 e. The van der Waals surface area contributed by atoms with Gasteiger partial charge in [0.25, 0.3) is 0 Å².